The van der Waals surface area contributed by atoms with E-state index >= 15 is 0 Å². The van der Waals surface area contributed by atoms with E-state index in [2.05, 4.69) is 31.3 Å². The van der Waals surface area contributed by atoms with Gasteiger partial charge in [-0.05, 0) is 31.0 Å². The molecule has 0 saturated heterocycles. The van der Waals surface area contributed by atoms with Crippen LogP contribution in [-0.4, -0.2) is 6.61 Å². The smallest absolute Gasteiger partial charge is 0.144 e. The van der Waals surface area contributed by atoms with Crippen LogP contribution < -0.4 is 15.8 Å². The van der Waals surface area contributed by atoms with Crippen LogP contribution in [0.3, 0.4) is 0 Å². The van der Waals surface area contributed by atoms with Gasteiger partial charge in [-0.15, -0.1) is 0 Å². The van der Waals surface area contributed by atoms with Crippen molar-refractivity contribution in [3.05, 3.63) is 54.1 Å². The summed E-state index contributed by atoms with van der Waals surface area (Å²) in [7, 11) is 0. The zero-order valence-electron chi connectivity index (χ0n) is 12.1. The topological polar surface area (TPSA) is 47.3 Å². The van der Waals surface area contributed by atoms with Crippen molar-refractivity contribution in [3.63, 3.8) is 0 Å². The molecule has 2 aromatic rings. The first kappa shape index (κ1) is 14.3. The van der Waals surface area contributed by atoms with E-state index in [1.165, 1.54) is 5.56 Å². The SMILES string of the molecule is CCCOc1cc(NC(C)c2ccccc2)ccc1N. The standard InChI is InChI=1S/C17H22N2O/c1-3-11-20-17-12-15(9-10-16(17)18)19-13(2)14-7-5-4-6-8-14/h4-10,12-13,19H,3,11,18H2,1-2H3. The highest BCUT2D eigenvalue weighted by molar-refractivity contribution is 5.61. The molecule has 1 unspecified atom stereocenters. The number of hydrogen-bond donors (Lipinski definition) is 2. The van der Waals surface area contributed by atoms with E-state index in [0.29, 0.717) is 12.3 Å². The van der Waals surface area contributed by atoms with Gasteiger partial charge in [-0.2, -0.15) is 0 Å². The van der Waals surface area contributed by atoms with Gasteiger partial charge in [0.25, 0.3) is 0 Å². The Labute approximate surface area is 120 Å². The van der Waals surface area contributed by atoms with Gasteiger partial charge in [0.05, 0.1) is 12.3 Å². The molecule has 20 heavy (non-hydrogen) atoms. The number of ether oxygens (including phenoxy) is 1. The summed E-state index contributed by atoms with van der Waals surface area (Å²) < 4.78 is 5.65. The third-order valence-corrected chi connectivity index (χ3v) is 3.16. The van der Waals surface area contributed by atoms with Gasteiger partial charge in [0, 0.05) is 17.8 Å². The van der Waals surface area contributed by atoms with Gasteiger partial charge in [0.2, 0.25) is 0 Å². The van der Waals surface area contributed by atoms with Gasteiger partial charge in [-0.1, -0.05) is 37.3 Å². The van der Waals surface area contributed by atoms with Crippen molar-refractivity contribution in [2.75, 3.05) is 17.7 Å². The third kappa shape index (κ3) is 3.67. The second-order valence-corrected chi connectivity index (χ2v) is 4.88. The highest BCUT2D eigenvalue weighted by Gasteiger charge is 2.07. The average Bonchev–Trinajstić information content (AvgIpc) is 2.48. The predicted octanol–water partition coefficient (Wildman–Crippen LogP) is 4.23. The molecule has 2 aromatic carbocycles. The fourth-order valence-corrected chi connectivity index (χ4v) is 2.04. The number of rotatable bonds is 6. The third-order valence-electron chi connectivity index (χ3n) is 3.16. The molecular formula is C17H22N2O. The van der Waals surface area contributed by atoms with Crippen LogP contribution in [0.4, 0.5) is 11.4 Å². The molecule has 3 heteroatoms. The Hall–Kier alpha value is -2.16. The van der Waals surface area contributed by atoms with Gasteiger partial charge in [-0.25, -0.2) is 0 Å². The molecule has 0 aliphatic carbocycles. The van der Waals surface area contributed by atoms with Crippen LogP contribution in [0.25, 0.3) is 0 Å². The summed E-state index contributed by atoms with van der Waals surface area (Å²) in [6.45, 7) is 4.90. The number of hydrogen-bond acceptors (Lipinski definition) is 3. The molecule has 0 aliphatic rings. The first-order chi connectivity index (χ1) is 9.70. The number of nitrogen functional groups attached to an aromatic ring is 1. The quantitative estimate of drug-likeness (QED) is 0.772. The van der Waals surface area contributed by atoms with Gasteiger partial charge in [0.15, 0.2) is 0 Å². The number of anilines is 2. The molecule has 0 spiro atoms. The highest BCUT2D eigenvalue weighted by Crippen LogP contribution is 2.28. The first-order valence-electron chi connectivity index (χ1n) is 7.04. The summed E-state index contributed by atoms with van der Waals surface area (Å²) in [6.07, 6.45) is 0.970. The summed E-state index contributed by atoms with van der Waals surface area (Å²) in [5.74, 6) is 0.747. The molecule has 0 amide bonds. The molecule has 2 rings (SSSR count). The summed E-state index contributed by atoms with van der Waals surface area (Å²) in [5.41, 5.74) is 8.86. The molecular weight excluding hydrogens is 248 g/mol. The van der Waals surface area contributed by atoms with Crippen LogP contribution >= 0.6 is 0 Å². The molecule has 0 heterocycles. The molecule has 0 bridgehead atoms. The maximum atomic E-state index is 5.92. The normalized spacial score (nSPS) is 11.9. The minimum absolute atomic E-state index is 0.235. The van der Waals surface area contributed by atoms with Gasteiger partial charge in [-0.3, -0.25) is 0 Å². The molecule has 0 saturated carbocycles. The fourth-order valence-electron chi connectivity index (χ4n) is 2.04. The Morgan fingerprint density at radius 3 is 2.60 bits per heavy atom. The van der Waals surface area contributed by atoms with Crippen molar-refractivity contribution < 1.29 is 4.74 Å². The van der Waals surface area contributed by atoms with E-state index in [9.17, 15) is 0 Å². The molecule has 106 valence electrons. The van der Waals surface area contributed by atoms with E-state index in [1.807, 2.05) is 36.4 Å². The van der Waals surface area contributed by atoms with Crippen molar-refractivity contribution in [2.45, 2.75) is 26.3 Å². The Bertz CT molecular complexity index is 540. The Balaban J connectivity index is 2.09. The van der Waals surface area contributed by atoms with Gasteiger partial charge >= 0.3 is 0 Å². The molecule has 1 atom stereocenters. The lowest BCUT2D eigenvalue weighted by molar-refractivity contribution is 0.319. The molecule has 0 aliphatic heterocycles. The van der Waals surface area contributed by atoms with Crippen molar-refractivity contribution in [1.82, 2.24) is 0 Å². The number of benzene rings is 2. The van der Waals surface area contributed by atoms with Crippen LogP contribution in [0.15, 0.2) is 48.5 Å². The lowest BCUT2D eigenvalue weighted by atomic mass is 10.1. The molecule has 3 nitrogen and oxygen atoms in total. The molecule has 0 radical (unpaired) electrons. The largest absolute Gasteiger partial charge is 0.491 e. The van der Waals surface area contributed by atoms with E-state index in [1.54, 1.807) is 0 Å². The number of nitrogens with two attached hydrogens (primary N) is 1. The molecule has 0 fully saturated rings. The van der Waals surface area contributed by atoms with Crippen molar-refractivity contribution >= 4 is 11.4 Å². The Kier molecular flexibility index (Phi) is 4.88. The molecule has 0 aromatic heterocycles. The molecule has 3 N–H and O–H groups in total. The fraction of sp³-hybridized carbons (Fsp3) is 0.294. The van der Waals surface area contributed by atoms with Crippen molar-refractivity contribution in [3.8, 4) is 5.75 Å². The predicted molar refractivity (Wildman–Crippen MR) is 85.1 cm³/mol. The number of nitrogens with one attached hydrogen (secondary N) is 1. The second kappa shape index (κ2) is 6.85. The zero-order chi connectivity index (χ0) is 14.4. The van der Waals surface area contributed by atoms with Gasteiger partial charge in [0.1, 0.15) is 5.75 Å². The van der Waals surface area contributed by atoms with Crippen molar-refractivity contribution in [1.29, 1.82) is 0 Å². The van der Waals surface area contributed by atoms with E-state index in [4.69, 9.17) is 10.5 Å². The van der Waals surface area contributed by atoms with Gasteiger partial charge < -0.3 is 15.8 Å². The van der Waals surface area contributed by atoms with Crippen LogP contribution in [0.1, 0.15) is 31.9 Å². The monoisotopic (exact) mass is 270 g/mol. The summed E-state index contributed by atoms with van der Waals surface area (Å²) >= 11 is 0. The van der Waals surface area contributed by atoms with Crippen LogP contribution in [0.5, 0.6) is 5.75 Å². The maximum absolute atomic E-state index is 5.92. The zero-order valence-corrected chi connectivity index (χ0v) is 12.1. The Morgan fingerprint density at radius 1 is 1.15 bits per heavy atom. The Morgan fingerprint density at radius 2 is 1.90 bits per heavy atom. The first-order valence-corrected chi connectivity index (χ1v) is 7.04. The average molecular weight is 270 g/mol. The lowest BCUT2D eigenvalue weighted by Gasteiger charge is -2.17. The van der Waals surface area contributed by atoms with E-state index < -0.39 is 0 Å². The highest BCUT2D eigenvalue weighted by atomic mass is 16.5. The summed E-state index contributed by atoms with van der Waals surface area (Å²) in [6, 6.07) is 16.4. The van der Waals surface area contributed by atoms with E-state index in [-0.39, 0.29) is 6.04 Å². The summed E-state index contributed by atoms with van der Waals surface area (Å²) in [4.78, 5) is 0. The second-order valence-electron chi connectivity index (χ2n) is 4.88. The van der Waals surface area contributed by atoms with Crippen molar-refractivity contribution in [2.24, 2.45) is 0 Å². The minimum Gasteiger partial charge on any atom is -0.491 e. The minimum atomic E-state index is 0.235. The lowest BCUT2D eigenvalue weighted by Crippen LogP contribution is -2.07. The van der Waals surface area contributed by atoms with Crippen LogP contribution in [0.2, 0.25) is 0 Å². The maximum Gasteiger partial charge on any atom is 0.144 e. The van der Waals surface area contributed by atoms with Crippen LogP contribution in [0, 0.1) is 0 Å². The van der Waals surface area contributed by atoms with Crippen LogP contribution in [-0.2, 0) is 0 Å². The van der Waals surface area contributed by atoms with E-state index in [0.717, 1.165) is 17.9 Å². The summed E-state index contributed by atoms with van der Waals surface area (Å²) in [5, 5.41) is 3.47.